The summed E-state index contributed by atoms with van der Waals surface area (Å²) in [6.07, 6.45) is 4.55. The Morgan fingerprint density at radius 3 is 2.74 bits per heavy atom. The number of carbonyl (C=O) groups is 2. The van der Waals surface area contributed by atoms with Crippen molar-refractivity contribution in [1.82, 2.24) is 18.0 Å². The van der Waals surface area contributed by atoms with E-state index in [2.05, 4.69) is 8.75 Å². The standard InChI is InChI=1S/C19H24N4O5S3/c1-3-7-23(10-12-4-5-12)31(26,27)19-16(18(25)28-2)13-6-8-22(11-15(13)29-19)17(24)14-9-20-30-21-14/h9,12H,3-8,10-11H2,1-2H3. The van der Waals surface area contributed by atoms with Crippen LogP contribution >= 0.6 is 23.1 Å². The topological polar surface area (TPSA) is 110 Å². The third-order valence-corrected chi connectivity index (χ3v) is 9.54. The zero-order valence-electron chi connectivity index (χ0n) is 17.4. The van der Waals surface area contributed by atoms with E-state index >= 15 is 0 Å². The number of thiophene rings is 1. The van der Waals surface area contributed by atoms with E-state index in [0.29, 0.717) is 48.8 Å². The molecule has 1 amide bonds. The van der Waals surface area contributed by atoms with Crippen LogP contribution in [0.1, 0.15) is 57.5 Å². The number of amides is 1. The highest BCUT2D eigenvalue weighted by Crippen LogP contribution is 2.39. The molecule has 1 saturated carbocycles. The Labute approximate surface area is 189 Å². The molecule has 1 aliphatic heterocycles. The van der Waals surface area contributed by atoms with Crippen LogP contribution in [0.15, 0.2) is 10.4 Å². The molecule has 0 atom stereocenters. The minimum absolute atomic E-state index is 0.0306. The van der Waals surface area contributed by atoms with Gasteiger partial charge < -0.3 is 9.64 Å². The van der Waals surface area contributed by atoms with Crippen molar-refractivity contribution in [2.24, 2.45) is 5.92 Å². The summed E-state index contributed by atoms with van der Waals surface area (Å²) in [6, 6.07) is 0. The van der Waals surface area contributed by atoms with E-state index in [9.17, 15) is 18.0 Å². The Morgan fingerprint density at radius 2 is 2.13 bits per heavy atom. The highest BCUT2D eigenvalue weighted by atomic mass is 32.2. The molecule has 31 heavy (non-hydrogen) atoms. The maximum absolute atomic E-state index is 13.6. The maximum atomic E-state index is 13.6. The van der Waals surface area contributed by atoms with E-state index in [-0.39, 0.29) is 27.9 Å². The predicted molar refractivity (Wildman–Crippen MR) is 116 cm³/mol. The fourth-order valence-electron chi connectivity index (χ4n) is 3.73. The lowest BCUT2D eigenvalue weighted by Crippen LogP contribution is -2.36. The van der Waals surface area contributed by atoms with Gasteiger partial charge in [0.15, 0.2) is 5.69 Å². The molecule has 1 fully saturated rings. The molecule has 2 aromatic heterocycles. The van der Waals surface area contributed by atoms with E-state index in [1.807, 2.05) is 6.92 Å². The molecule has 1 aliphatic carbocycles. The molecular formula is C19H24N4O5S3. The molecule has 0 radical (unpaired) electrons. The second-order valence-corrected chi connectivity index (χ2v) is 11.5. The number of fused-ring (bicyclic) bond motifs is 1. The first-order valence-corrected chi connectivity index (χ1v) is 13.1. The van der Waals surface area contributed by atoms with Gasteiger partial charge in [0.1, 0.15) is 4.21 Å². The summed E-state index contributed by atoms with van der Waals surface area (Å²) < 4.78 is 41.5. The lowest BCUT2D eigenvalue weighted by atomic mass is 10.0. The van der Waals surface area contributed by atoms with Crippen molar-refractivity contribution in [3.05, 3.63) is 27.9 Å². The van der Waals surface area contributed by atoms with Crippen molar-refractivity contribution in [1.29, 1.82) is 0 Å². The van der Waals surface area contributed by atoms with E-state index < -0.39 is 16.0 Å². The number of sulfonamides is 1. The van der Waals surface area contributed by atoms with Crippen molar-refractivity contribution >= 4 is 45.0 Å². The van der Waals surface area contributed by atoms with Crippen LogP contribution in [-0.2, 0) is 27.7 Å². The molecule has 0 bridgehead atoms. The second kappa shape index (κ2) is 8.93. The number of esters is 1. The van der Waals surface area contributed by atoms with Gasteiger partial charge in [0.05, 0.1) is 37.1 Å². The molecule has 0 spiro atoms. The molecule has 9 nitrogen and oxygen atoms in total. The van der Waals surface area contributed by atoms with Gasteiger partial charge in [-0.3, -0.25) is 4.79 Å². The molecule has 0 saturated heterocycles. The van der Waals surface area contributed by atoms with Gasteiger partial charge in [-0.1, -0.05) is 6.92 Å². The van der Waals surface area contributed by atoms with Gasteiger partial charge in [-0.05, 0) is 37.2 Å². The van der Waals surface area contributed by atoms with E-state index in [4.69, 9.17) is 4.74 Å². The Balaban J connectivity index is 1.70. The minimum Gasteiger partial charge on any atom is -0.465 e. The van der Waals surface area contributed by atoms with Gasteiger partial charge in [0.2, 0.25) is 0 Å². The van der Waals surface area contributed by atoms with Crippen LogP contribution < -0.4 is 0 Å². The predicted octanol–water partition coefficient (Wildman–Crippen LogP) is 2.40. The van der Waals surface area contributed by atoms with E-state index in [1.165, 1.54) is 17.6 Å². The SMILES string of the molecule is CCCN(CC1CC1)S(=O)(=O)c1sc2c(c1C(=O)OC)CCN(C(=O)c1cnsn1)C2. The first-order valence-electron chi connectivity index (χ1n) is 10.2. The van der Waals surface area contributed by atoms with Crippen LogP contribution in [0, 0.1) is 5.92 Å². The first-order chi connectivity index (χ1) is 14.9. The van der Waals surface area contributed by atoms with Crippen LogP contribution in [-0.4, -0.2) is 65.0 Å². The number of methoxy groups -OCH3 is 1. The van der Waals surface area contributed by atoms with Gasteiger partial charge in [-0.2, -0.15) is 13.1 Å². The van der Waals surface area contributed by atoms with Crippen molar-refractivity contribution in [3.8, 4) is 0 Å². The Morgan fingerprint density at radius 1 is 1.35 bits per heavy atom. The number of nitrogens with zero attached hydrogens (tertiary/aromatic N) is 4. The lowest BCUT2D eigenvalue weighted by molar-refractivity contribution is 0.0595. The molecule has 2 aromatic rings. The average molecular weight is 485 g/mol. The summed E-state index contributed by atoms with van der Waals surface area (Å²) in [5.74, 6) is -0.516. The monoisotopic (exact) mass is 484 g/mol. The summed E-state index contributed by atoms with van der Waals surface area (Å²) in [7, 11) is -2.60. The Bertz CT molecular complexity index is 1080. The van der Waals surface area contributed by atoms with E-state index in [0.717, 1.165) is 35.9 Å². The van der Waals surface area contributed by atoms with Crippen molar-refractivity contribution in [3.63, 3.8) is 0 Å². The number of rotatable bonds is 8. The van der Waals surface area contributed by atoms with Crippen LogP contribution in [0.2, 0.25) is 0 Å². The van der Waals surface area contributed by atoms with Crippen LogP contribution in [0.3, 0.4) is 0 Å². The third kappa shape index (κ3) is 4.38. The Hall–Kier alpha value is -1.89. The number of carbonyl (C=O) groups excluding carboxylic acids is 2. The first kappa shape index (κ1) is 22.3. The number of hydrogen-bond acceptors (Lipinski definition) is 9. The second-order valence-electron chi connectivity index (χ2n) is 7.73. The molecule has 2 aliphatic rings. The van der Waals surface area contributed by atoms with Crippen LogP contribution in [0.25, 0.3) is 0 Å². The fourth-order valence-corrected chi connectivity index (χ4v) is 7.78. The molecule has 3 heterocycles. The summed E-state index contributed by atoms with van der Waals surface area (Å²) >= 11 is 2.04. The summed E-state index contributed by atoms with van der Waals surface area (Å²) in [6.45, 7) is 3.41. The van der Waals surface area contributed by atoms with E-state index in [1.54, 1.807) is 4.90 Å². The number of ether oxygens (including phenoxy) is 1. The fraction of sp³-hybridized carbons (Fsp3) is 0.579. The summed E-state index contributed by atoms with van der Waals surface area (Å²) in [4.78, 5) is 27.6. The van der Waals surface area contributed by atoms with Gasteiger partial charge in [-0.15, -0.1) is 11.3 Å². The quantitative estimate of drug-likeness (QED) is 0.529. The van der Waals surface area contributed by atoms with Gasteiger partial charge in [0.25, 0.3) is 15.9 Å². The highest BCUT2D eigenvalue weighted by molar-refractivity contribution is 7.91. The van der Waals surface area contributed by atoms with Crippen molar-refractivity contribution in [2.75, 3.05) is 26.7 Å². The molecule has 0 aromatic carbocycles. The minimum atomic E-state index is -3.85. The molecule has 0 unspecified atom stereocenters. The normalized spacial score (nSPS) is 16.4. The van der Waals surface area contributed by atoms with Gasteiger partial charge in [0, 0.05) is 24.5 Å². The van der Waals surface area contributed by atoms with Crippen molar-refractivity contribution < 1.29 is 22.7 Å². The smallest absolute Gasteiger partial charge is 0.340 e. The zero-order valence-corrected chi connectivity index (χ0v) is 19.8. The molecule has 168 valence electrons. The Kier molecular flexibility index (Phi) is 6.42. The molecule has 12 heteroatoms. The highest BCUT2D eigenvalue weighted by Gasteiger charge is 2.39. The summed E-state index contributed by atoms with van der Waals surface area (Å²) in [5, 5.41) is 0. The third-order valence-electron chi connectivity index (χ3n) is 5.49. The lowest BCUT2D eigenvalue weighted by Gasteiger charge is -2.26. The molecule has 0 N–H and O–H groups in total. The van der Waals surface area contributed by atoms with Gasteiger partial charge >= 0.3 is 5.97 Å². The van der Waals surface area contributed by atoms with Gasteiger partial charge in [-0.25, -0.2) is 13.2 Å². The maximum Gasteiger partial charge on any atom is 0.340 e. The van der Waals surface area contributed by atoms with Crippen LogP contribution in [0.4, 0.5) is 0 Å². The van der Waals surface area contributed by atoms with Crippen LogP contribution in [0.5, 0.6) is 0 Å². The average Bonchev–Trinajstić information content (AvgIpc) is 3.26. The number of hydrogen-bond donors (Lipinski definition) is 0. The molecule has 4 rings (SSSR count). The number of aromatic nitrogens is 2. The zero-order chi connectivity index (χ0) is 22.2. The largest absolute Gasteiger partial charge is 0.465 e. The summed E-state index contributed by atoms with van der Waals surface area (Å²) in [5.41, 5.74) is 1.06. The molecular weight excluding hydrogens is 460 g/mol. The van der Waals surface area contributed by atoms with Crippen molar-refractivity contribution in [2.45, 2.75) is 43.4 Å².